The topological polar surface area (TPSA) is 118 Å². The second-order valence-corrected chi connectivity index (χ2v) is 8.07. The maximum Gasteiger partial charge on any atom is 0.164 e. The Bertz CT molecular complexity index is 1250. The minimum Gasteiger partial charge on any atom is -0.386 e. The zero-order valence-corrected chi connectivity index (χ0v) is 16.8. The Kier molecular flexibility index (Phi) is 4.19. The van der Waals surface area contributed by atoms with Gasteiger partial charge in [0.05, 0.1) is 5.69 Å². The number of fused-ring (bicyclic) bond motifs is 2. The van der Waals surface area contributed by atoms with E-state index in [9.17, 15) is 15.3 Å². The molecule has 1 aliphatic rings. The third kappa shape index (κ3) is 2.67. The molecule has 0 amide bonds. The van der Waals surface area contributed by atoms with Gasteiger partial charge < -0.3 is 29.0 Å². The van der Waals surface area contributed by atoms with Crippen molar-refractivity contribution in [1.29, 1.82) is 0 Å². The van der Waals surface area contributed by atoms with Gasteiger partial charge >= 0.3 is 0 Å². The molecule has 0 spiro atoms. The predicted molar refractivity (Wildman–Crippen MR) is 108 cm³/mol. The highest BCUT2D eigenvalue weighted by atomic mass is 16.6. The Hall–Kier alpha value is -2.85. The summed E-state index contributed by atoms with van der Waals surface area (Å²) in [6, 6.07) is 5.35. The molecule has 0 saturated carbocycles. The summed E-state index contributed by atoms with van der Waals surface area (Å²) < 4.78 is 9.60. The van der Waals surface area contributed by atoms with E-state index < -0.39 is 30.1 Å². The lowest BCUT2D eigenvalue weighted by molar-refractivity contribution is -0.115. The van der Waals surface area contributed by atoms with Crippen molar-refractivity contribution in [2.75, 3.05) is 0 Å². The van der Waals surface area contributed by atoms with Crippen molar-refractivity contribution < 1.29 is 20.1 Å². The lowest BCUT2D eigenvalue weighted by Crippen LogP contribution is -2.47. The highest BCUT2D eigenvalue weighted by Gasteiger charge is 2.55. The molecular formula is C21H23N5O4. The number of rotatable bonds is 3. The molecule has 1 aliphatic heterocycles. The summed E-state index contributed by atoms with van der Waals surface area (Å²) in [6.07, 6.45) is 2.33. The normalized spacial score (nSPS) is 27.9. The van der Waals surface area contributed by atoms with Crippen molar-refractivity contribution in [3.63, 3.8) is 0 Å². The number of aliphatic hydroxyl groups excluding tert-OH is 2. The molecule has 9 heteroatoms. The van der Waals surface area contributed by atoms with E-state index in [-0.39, 0.29) is 0 Å². The summed E-state index contributed by atoms with van der Waals surface area (Å²) in [6.45, 7) is 5.28. The van der Waals surface area contributed by atoms with Crippen LogP contribution in [0.15, 0.2) is 43.1 Å². The predicted octanol–water partition coefficient (Wildman–Crippen LogP) is 1.44. The van der Waals surface area contributed by atoms with E-state index in [2.05, 4.69) is 15.0 Å². The molecule has 0 aromatic carbocycles. The highest BCUT2D eigenvalue weighted by Crippen LogP contribution is 2.43. The van der Waals surface area contributed by atoms with Crippen LogP contribution in [0.25, 0.3) is 16.7 Å². The van der Waals surface area contributed by atoms with Gasteiger partial charge in [-0.3, -0.25) is 0 Å². The van der Waals surface area contributed by atoms with Crippen LogP contribution in [0.3, 0.4) is 0 Å². The smallest absolute Gasteiger partial charge is 0.164 e. The molecule has 156 valence electrons. The van der Waals surface area contributed by atoms with Gasteiger partial charge in [0.1, 0.15) is 41.5 Å². The Morgan fingerprint density at radius 2 is 1.97 bits per heavy atom. The average Bonchev–Trinajstić information content (AvgIpc) is 3.38. The number of hydrogen-bond acceptors (Lipinski definition) is 7. The molecule has 5 atom stereocenters. The molecule has 5 rings (SSSR count). The van der Waals surface area contributed by atoms with E-state index in [0.29, 0.717) is 16.9 Å². The standard InChI is InChI=1S/C21H23N5O4/c1-11-9-22-15-8-13(4-6-25(11)15)16(27)18-21(3,29)17(28)20(30-18)26-7-5-14-12(2)23-10-24-19(14)26/h4-10,16-18,20,27-29H,1-3H3/t16?,17-,18+,20+,21-/m0/s1. The quantitative estimate of drug-likeness (QED) is 0.469. The van der Waals surface area contributed by atoms with Crippen LogP contribution in [0, 0.1) is 13.8 Å². The Balaban J connectivity index is 1.51. The van der Waals surface area contributed by atoms with Crippen LogP contribution in [0.5, 0.6) is 0 Å². The molecule has 0 radical (unpaired) electrons. The number of aliphatic hydroxyl groups is 3. The summed E-state index contributed by atoms with van der Waals surface area (Å²) >= 11 is 0. The van der Waals surface area contributed by atoms with Gasteiger partial charge in [0, 0.05) is 29.7 Å². The minimum absolute atomic E-state index is 0.543. The van der Waals surface area contributed by atoms with E-state index in [1.165, 1.54) is 13.3 Å². The van der Waals surface area contributed by atoms with Crippen LogP contribution >= 0.6 is 0 Å². The lowest BCUT2D eigenvalue weighted by atomic mass is 9.88. The molecule has 1 unspecified atom stereocenters. The summed E-state index contributed by atoms with van der Waals surface area (Å²) in [4.78, 5) is 12.8. The molecule has 1 fully saturated rings. The largest absolute Gasteiger partial charge is 0.386 e. The van der Waals surface area contributed by atoms with Crippen LogP contribution in [-0.4, -0.2) is 57.0 Å². The summed E-state index contributed by atoms with van der Waals surface area (Å²) in [5.74, 6) is 0. The number of aromatic nitrogens is 5. The first-order valence-electron chi connectivity index (χ1n) is 9.74. The van der Waals surface area contributed by atoms with Crippen LogP contribution in [-0.2, 0) is 4.74 Å². The monoisotopic (exact) mass is 409 g/mol. The number of ether oxygens (including phenoxy) is 1. The van der Waals surface area contributed by atoms with Gasteiger partial charge in [-0.1, -0.05) is 0 Å². The number of aryl methyl sites for hydroxylation is 2. The van der Waals surface area contributed by atoms with Gasteiger partial charge in [0.2, 0.25) is 0 Å². The summed E-state index contributed by atoms with van der Waals surface area (Å²) in [5, 5.41) is 33.8. The highest BCUT2D eigenvalue weighted by molar-refractivity contribution is 5.78. The van der Waals surface area contributed by atoms with Gasteiger partial charge in [-0.25, -0.2) is 15.0 Å². The fraction of sp³-hybridized carbons (Fsp3) is 0.381. The van der Waals surface area contributed by atoms with Crippen LogP contribution in [0.4, 0.5) is 0 Å². The Morgan fingerprint density at radius 1 is 1.17 bits per heavy atom. The first-order chi connectivity index (χ1) is 14.3. The number of imidazole rings is 1. The van der Waals surface area contributed by atoms with Gasteiger partial charge in [-0.05, 0) is 44.5 Å². The first kappa shape index (κ1) is 19.1. The molecule has 0 aliphatic carbocycles. The van der Waals surface area contributed by atoms with E-state index >= 15 is 0 Å². The molecule has 5 heterocycles. The van der Waals surface area contributed by atoms with Crippen molar-refractivity contribution >= 4 is 16.7 Å². The van der Waals surface area contributed by atoms with Gasteiger partial charge in [0.15, 0.2) is 6.23 Å². The number of nitrogens with zero attached hydrogens (tertiary/aromatic N) is 5. The molecular weight excluding hydrogens is 386 g/mol. The molecule has 1 saturated heterocycles. The molecule has 0 bridgehead atoms. The van der Waals surface area contributed by atoms with E-state index in [4.69, 9.17) is 4.74 Å². The average molecular weight is 409 g/mol. The van der Waals surface area contributed by atoms with Gasteiger partial charge in [-0.2, -0.15) is 0 Å². The molecule has 3 N–H and O–H groups in total. The second kappa shape index (κ2) is 6.58. The third-order valence-corrected chi connectivity index (χ3v) is 6.06. The number of hydrogen-bond donors (Lipinski definition) is 3. The summed E-state index contributed by atoms with van der Waals surface area (Å²) in [7, 11) is 0. The fourth-order valence-electron chi connectivity index (χ4n) is 4.22. The van der Waals surface area contributed by atoms with E-state index in [1.54, 1.807) is 29.1 Å². The van der Waals surface area contributed by atoms with Gasteiger partial charge in [0.25, 0.3) is 0 Å². The Morgan fingerprint density at radius 3 is 2.77 bits per heavy atom. The molecule has 30 heavy (non-hydrogen) atoms. The Labute approximate surface area is 172 Å². The van der Waals surface area contributed by atoms with E-state index in [0.717, 1.165) is 16.8 Å². The van der Waals surface area contributed by atoms with Crippen molar-refractivity contribution in [1.82, 2.24) is 23.9 Å². The fourth-order valence-corrected chi connectivity index (χ4v) is 4.22. The maximum atomic E-state index is 11.1. The van der Waals surface area contributed by atoms with Crippen LogP contribution in [0.1, 0.15) is 36.2 Å². The first-order valence-corrected chi connectivity index (χ1v) is 9.74. The van der Waals surface area contributed by atoms with Crippen molar-refractivity contribution in [2.45, 2.75) is 50.9 Å². The SMILES string of the molecule is Cc1ncnc2c1ccn2[C@@H]1O[C@H](C(O)c2ccn3c(C)cnc3c2)[C@@](C)(O)[C@H]1O. The zero-order valence-electron chi connectivity index (χ0n) is 16.8. The lowest BCUT2D eigenvalue weighted by Gasteiger charge is -2.29. The van der Waals surface area contributed by atoms with Crippen LogP contribution < -0.4 is 0 Å². The summed E-state index contributed by atoms with van der Waals surface area (Å²) in [5.41, 5.74) is 1.90. The minimum atomic E-state index is -1.69. The zero-order chi connectivity index (χ0) is 21.2. The second-order valence-electron chi connectivity index (χ2n) is 8.07. The van der Waals surface area contributed by atoms with Crippen molar-refractivity contribution in [3.05, 3.63) is 60.1 Å². The maximum absolute atomic E-state index is 11.1. The van der Waals surface area contributed by atoms with Crippen molar-refractivity contribution in [3.8, 4) is 0 Å². The van der Waals surface area contributed by atoms with E-state index in [1.807, 2.05) is 30.5 Å². The molecule has 4 aromatic heterocycles. The van der Waals surface area contributed by atoms with Crippen molar-refractivity contribution in [2.24, 2.45) is 0 Å². The number of pyridine rings is 1. The molecule has 9 nitrogen and oxygen atoms in total. The van der Waals surface area contributed by atoms with Gasteiger partial charge in [-0.15, -0.1) is 0 Å². The third-order valence-electron chi connectivity index (χ3n) is 6.06. The van der Waals surface area contributed by atoms with Crippen LogP contribution in [0.2, 0.25) is 0 Å². The molecule has 4 aromatic rings.